The molecule has 0 unspecified atom stereocenters. The molecule has 0 rings (SSSR count). The van der Waals surface area contributed by atoms with Crippen LogP contribution in [0.1, 0.15) is 6.92 Å². The zero-order valence-electron chi connectivity index (χ0n) is 3.76. The summed E-state index contributed by atoms with van der Waals surface area (Å²) in [5.74, 6) is -2.20. The van der Waals surface area contributed by atoms with E-state index in [0.29, 0.717) is 0 Å². The molecule has 0 heterocycles. The summed E-state index contributed by atoms with van der Waals surface area (Å²) in [6.45, 7) is 1.00. The second kappa shape index (κ2) is 4.23. The first-order chi connectivity index (χ1) is 2.64. The second-order valence-electron chi connectivity index (χ2n) is 0.861. The Hall–Kier alpha value is 0.0621. The minimum absolute atomic E-state index is 0. The maximum Gasteiger partial charge on any atom is 0.371 e. The first-order valence-corrected chi connectivity index (χ1v) is 1.38. The molecule has 0 aliphatic heterocycles. The van der Waals surface area contributed by atoms with Crippen LogP contribution in [0, 0.1) is 0 Å². The molecular weight excluding hydrogens is 291 g/mol. The number of aliphatic carboxylic acids is 1. The Morgan fingerprint density at radius 1 is 1.43 bits per heavy atom. The molecule has 0 saturated heterocycles. The van der Waals surface area contributed by atoms with Gasteiger partial charge in [-0.15, -0.1) is 0 Å². The van der Waals surface area contributed by atoms with Gasteiger partial charge in [-0.2, -0.15) is 0 Å². The van der Waals surface area contributed by atoms with Gasteiger partial charge in [0.1, 0.15) is 0 Å². The van der Waals surface area contributed by atoms with Crippen LogP contribution in [0.3, 0.4) is 0 Å². The molecule has 7 heavy (non-hydrogen) atoms. The van der Waals surface area contributed by atoms with Crippen molar-refractivity contribution in [3.63, 3.8) is 0 Å². The fourth-order valence-corrected chi connectivity index (χ4v) is 0. The van der Waals surface area contributed by atoms with Gasteiger partial charge < -0.3 is 5.11 Å². The number of Topliss-reactive ketones (excluding diaryl/α,β-unsaturated/α-hetero) is 1. The summed E-state index contributed by atoms with van der Waals surface area (Å²) in [6, 6.07) is 0. The van der Waals surface area contributed by atoms with E-state index in [9.17, 15) is 9.59 Å². The number of carbonyl (C=O) groups is 2. The Morgan fingerprint density at radius 3 is 1.57 bits per heavy atom. The van der Waals surface area contributed by atoms with E-state index < -0.39 is 11.8 Å². The molecular formula is C3H4O3Pb. The Balaban J connectivity index is 0. The average molecular weight is 295 g/mol. The van der Waals surface area contributed by atoms with E-state index in [1.807, 2.05) is 0 Å². The molecule has 38 valence electrons. The van der Waals surface area contributed by atoms with Gasteiger partial charge in [0.2, 0.25) is 5.78 Å². The third kappa shape index (κ3) is 6.06. The molecule has 0 spiro atoms. The van der Waals surface area contributed by atoms with Crippen LogP contribution in [-0.4, -0.2) is 44.2 Å². The molecule has 0 aliphatic carbocycles. The zero-order valence-corrected chi connectivity index (χ0v) is 7.65. The van der Waals surface area contributed by atoms with Gasteiger partial charge in [0, 0.05) is 34.2 Å². The number of carbonyl (C=O) groups excluding carboxylic acids is 1. The van der Waals surface area contributed by atoms with Crippen molar-refractivity contribution >= 4 is 39.1 Å². The summed E-state index contributed by atoms with van der Waals surface area (Å²) < 4.78 is 0. The van der Waals surface area contributed by atoms with Crippen LogP contribution in [0.4, 0.5) is 0 Å². The number of carboxylic acids is 1. The molecule has 4 radical (unpaired) electrons. The molecule has 0 amide bonds. The van der Waals surface area contributed by atoms with Crippen LogP contribution in [0.5, 0.6) is 0 Å². The maximum atomic E-state index is 9.54. The van der Waals surface area contributed by atoms with Crippen LogP contribution in [0.25, 0.3) is 0 Å². The number of carboxylic acid groups (broad SMARTS) is 1. The van der Waals surface area contributed by atoms with Crippen molar-refractivity contribution in [1.82, 2.24) is 0 Å². The largest absolute Gasteiger partial charge is 0.476 e. The zero-order chi connectivity index (χ0) is 5.15. The van der Waals surface area contributed by atoms with E-state index in [1.165, 1.54) is 0 Å². The average Bonchev–Trinajstić information content (AvgIpc) is 1.36. The van der Waals surface area contributed by atoms with E-state index in [0.717, 1.165) is 6.92 Å². The first-order valence-electron chi connectivity index (χ1n) is 1.38. The number of rotatable bonds is 1. The SMILES string of the molecule is CC(=O)C(=O)O.[Pb]. The monoisotopic (exact) mass is 296 g/mol. The molecule has 0 aromatic heterocycles. The molecule has 0 aromatic rings. The van der Waals surface area contributed by atoms with Gasteiger partial charge in [0.05, 0.1) is 0 Å². The molecule has 0 atom stereocenters. The molecule has 3 nitrogen and oxygen atoms in total. The predicted octanol–water partition coefficient (Wildman–Crippen LogP) is -0.721. The second-order valence-corrected chi connectivity index (χ2v) is 0.861. The molecule has 1 N–H and O–H groups in total. The van der Waals surface area contributed by atoms with E-state index in [-0.39, 0.29) is 27.3 Å². The Kier molecular flexibility index (Phi) is 6.12. The Bertz CT molecular complexity index is 76.2. The minimum atomic E-state index is -1.38. The van der Waals surface area contributed by atoms with Gasteiger partial charge in [-0.05, 0) is 0 Å². The molecule has 0 saturated carbocycles. The van der Waals surface area contributed by atoms with Crippen molar-refractivity contribution < 1.29 is 14.7 Å². The summed E-state index contributed by atoms with van der Waals surface area (Å²) in [7, 11) is 0. The summed E-state index contributed by atoms with van der Waals surface area (Å²) >= 11 is 0. The van der Waals surface area contributed by atoms with Crippen molar-refractivity contribution in [1.29, 1.82) is 0 Å². The van der Waals surface area contributed by atoms with Crippen LogP contribution in [0.15, 0.2) is 0 Å². The van der Waals surface area contributed by atoms with E-state index in [1.54, 1.807) is 0 Å². The number of hydrogen-bond donors (Lipinski definition) is 1. The van der Waals surface area contributed by atoms with Gasteiger partial charge in [0.15, 0.2) is 0 Å². The van der Waals surface area contributed by atoms with Crippen LogP contribution in [0.2, 0.25) is 0 Å². The van der Waals surface area contributed by atoms with Crippen LogP contribution in [-0.2, 0) is 9.59 Å². The van der Waals surface area contributed by atoms with Gasteiger partial charge in [-0.1, -0.05) is 0 Å². The van der Waals surface area contributed by atoms with Crippen LogP contribution >= 0.6 is 0 Å². The topological polar surface area (TPSA) is 54.4 Å². The molecule has 0 aliphatic rings. The first kappa shape index (κ1) is 10.1. The maximum absolute atomic E-state index is 9.54. The number of ketones is 1. The summed E-state index contributed by atoms with van der Waals surface area (Å²) in [5, 5.41) is 7.64. The normalized spacial score (nSPS) is 6.43. The van der Waals surface area contributed by atoms with Crippen molar-refractivity contribution in [3.8, 4) is 0 Å². The van der Waals surface area contributed by atoms with Gasteiger partial charge in [-0.25, -0.2) is 4.79 Å². The van der Waals surface area contributed by atoms with E-state index in [2.05, 4.69) is 0 Å². The van der Waals surface area contributed by atoms with Crippen molar-refractivity contribution in [2.45, 2.75) is 6.92 Å². The minimum Gasteiger partial charge on any atom is -0.476 e. The molecule has 4 heteroatoms. The van der Waals surface area contributed by atoms with E-state index in [4.69, 9.17) is 5.11 Å². The van der Waals surface area contributed by atoms with Crippen LogP contribution < -0.4 is 0 Å². The Morgan fingerprint density at radius 2 is 1.57 bits per heavy atom. The van der Waals surface area contributed by atoms with Gasteiger partial charge >= 0.3 is 5.97 Å². The molecule has 0 bridgehead atoms. The third-order valence-electron chi connectivity index (χ3n) is 0.301. The molecule has 0 fully saturated rings. The molecule has 0 aromatic carbocycles. The quantitative estimate of drug-likeness (QED) is 0.513. The smallest absolute Gasteiger partial charge is 0.371 e. The van der Waals surface area contributed by atoms with E-state index >= 15 is 0 Å². The van der Waals surface area contributed by atoms with Crippen molar-refractivity contribution in [2.24, 2.45) is 0 Å². The third-order valence-corrected chi connectivity index (χ3v) is 0.301. The van der Waals surface area contributed by atoms with Gasteiger partial charge in [0.25, 0.3) is 0 Å². The van der Waals surface area contributed by atoms with Gasteiger partial charge in [-0.3, -0.25) is 4.79 Å². The summed E-state index contributed by atoms with van der Waals surface area (Å²) in [6.07, 6.45) is 0. The fraction of sp³-hybridized carbons (Fsp3) is 0.333. The standard InChI is InChI=1S/C3H4O3.Pb/c1-2(4)3(5)6;/h1H3,(H,5,6);. The van der Waals surface area contributed by atoms with Crippen molar-refractivity contribution in [3.05, 3.63) is 0 Å². The Labute approximate surface area is 60.9 Å². The predicted molar refractivity (Wildman–Crippen MR) is 24.1 cm³/mol. The summed E-state index contributed by atoms with van der Waals surface area (Å²) in [5.41, 5.74) is 0. The van der Waals surface area contributed by atoms with Crippen molar-refractivity contribution in [2.75, 3.05) is 0 Å². The summed E-state index contributed by atoms with van der Waals surface area (Å²) in [4.78, 5) is 18.9. The fourth-order valence-electron chi connectivity index (χ4n) is 0. The number of hydrogen-bond acceptors (Lipinski definition) is 2.